The summed E-state index contributed by atoms with van der Waals surface area (Å²) in [7, 11) is 3.13. The molecule has 0 unspecified atom stereocenters. The first kappa shape index (κ1) is 34.7. The van der Waals surface area contributed by atoms with Crippen LogP contribution in [0.3, 0.4) is 0 Å². The molecule has 8 aromatic rings. The molecule has 0 bridgehead atoms. The maximum absolute atomic E-state index is 10.5. The summed E-state index contributed by atoms with van der Waals surface area (Å²) >= 11 is 2.92. The van der Waals surface area contributed by atoms with Gasteiger partial charge in [0.15, 0.2) is 13.6 Å². The lowest BCUT2D eigenvalue weighted by Gasteiger charge is -2.22. The molecule has 8 nitrogen and oxygen atoms in total. The summed E-state index contributed by atoms with van der Waals surface area (Å²) in [5.74, 6) is 0.981. The van der Waals surface area contributed by atoms with Gasteiger partial charge in [0.05, 0.1) is 31.6 Å². The Bertz CT molecular complexity index is 2600. The van der Waals surface area contributed by atoms with Crippen molar-refractivity contribution in [1.29, 1.82) is 10.5 Å². The Kier molecular flexibility index (Phi) is 9.82. The summed E-state index contributed by atoms with van der Waals surface area (Å²) in [5, 5.41) is 25.8. The minimum atomic E-state index is -0.0584. The summed E-state index contributed by atoms with van der Waals surface area (Å²) in [5.41, 5.74) is 5.22. The molecule has 0 fully saturated rings. The van der Waals surface area contributed by atoms with E-state index in [2.05, 4.69) is 12.1 Å². The molecule has 0 atom stereocenters. The van der Waals surface area contributed by atoms with Crippen molar-refractivity contribution in [2.75, 3.05) is 27.8 Å². The van der Waals surface area contributed by atoms with E-state index in [1.54, 1.807) is 14.2 Å². The van der Waals surface area contributed by atoms with Crippen LogP contribution >= 0.6 is 22.7 Å². The van der Waals surface area contributed by atoms with Crippen LogP contribution in [-0.2, 0) is 9.47 Å². The summed E-state index contributed by atoms with van der Waals surface area (Å²) in [6, 6.07) is 40.5. The van der Waals surface area contributed by atoms with Crippen LogP contribution in [0.5, 0.6) is 11.5 Å². The largest absolute Gasteiger partial charge is 0.466 e. The molecular weight excluding hydrogens is 713 g/mol. The van der Waals surface area contributed by atoms with Gasteiger partial charge in [-0.15, -0.1) is 22.7 Å². The van der Waals surface area contributed by atoms with Crippen LogP contribution in [0.15, 0.2) is 109 Å². The van der Waals surface area contributed by atoms with Gasteiger partial charge in [-0.2, -0.15) is 10.5 Å². The first-order chi connectivity index (χ1) is 26.6. The summed E-state index contributed by atoms with van der Waals surface area (Å²) in [6.45, 7) is -0.117. The molecule has 0 saturated carbocycles. The Balaban J connectivity index is 1.45. The van der Waals surface area contributed by atoms with Gasteiger partial charge >= 0.3 is 0 Å². The first-order valence-electron chi connectivity index (χ1n) is 16.9. The molecule has 10 heteroatoms. The van der Waals surface area contributed by atoms with Crippen molar-refractivity contribution in [3.63, 3.8) is 0 Å². The smallest absolute Gasteiger partial charge is 0.188 e. The van der Waals surface area contributed by atoms with Crippen molar-refractivity contribution in [2.45, 2.75) is 0 Å². The van der Waals surface area contributed by atoms with Crippen LogP contribution < -0.4 is 9.47 Å². The third-order valence-corrected chi connectivity index (χ3v) is 11.0. The number of rotatable bonds is 11. The van der Waals surface area contributed by atoms with Crippen molar-refractivity contribution >= 4 is 87.9 Å². The zero-order chi connectivity index (χ0) is 37.0. The lowest BCUT2D eigenvalue weighted by atomic mass is 9.88. The van der Waals surface area contributed by atoms with E-state index in [0.29, 0.717) is 43.8 Å². The number of ether oxygens (including phenoxy) is 4. The van der Waals surface area contributed by atoms with Crippen LogP contribution in [0, 0.1) is 22.7 Å². The first-order valence-corrected chi connectivity index (χ1v) is 18.5. The predicted molar refractivity (Wildman–Crippen MR) is 218 cm³/mol. The van der Waals surface area contributed by atoms with Crippen LogP contribution in [0.25, 0.3) is 76.4 Å². The number of allylic oxidation sites excluding steroid dienone is 2. The van der Waals surface area contributed by atoms with Crippen LogP contribution in [-0.4, -0.2) is 37.8 Å². The summed E-state index contributed by atoms with van der Waals surface area (Å²) in [6.07, 6.45) is 3.64. The highest BCUT2D eigenvalue weighted by Crippen LogP contribution is 2.50. The van der Waals surface area contributed by atoms with Gasteiger partial charge in [0.1, 0.15) is 33.7 Å². The van der Waals surface area contributed by atoms with Crippen molar-refractivity contribution < 1.29 is 18.9 Å². The molecule has 262 valence electrons. The van der Waals surface area contributed by atoms with Crippen molar-refractivity contribution in [1.82, 2.24) is 9.97 Å². The third kappa shape index (κ3) is 6.56. The fourth-order valence-corrected chi connectivity index (χ4v) is 8.39. The van der Waals surface area contributed by atoms with E-state index >= 15 is 0 Å². The van der Waals surface area contributed by atoms with Crippen molar-refractivity contribution in [2.24, 2.45) is 0 Å². The molecule has 8 rings (SSSR count). The molecule has 0 radical (unpaired) electrons. The van der Waals surface area contributed by atoms with Gasteiger partial charge in [-0.1, -0.05) is 72.8 Å². The van der Waals surface area contributed by atoms with Gasteiger partial charge < -0.3 is 18.9 Å². The lowest BCUT2D eigenvalue weighted by molar-refractivity contribution is 0.0500. The third-order valence-electron chi connectivity index (χ3n) is 8.84. The SMILES string of the molecule is COCOc1c(/C=C(\C#N)c2nc3ccccc3s2)cc2ccccc2c1-c1c(OCOC)c(/C=C(\C#N)c2nc3ccccc3s2)cc2ccccc12. The fraction of sp³-hybridized carbons (Fsp3) is 0.0909. The molecule has 0 aliphatic heterocycles. The molecule has 0 aliphatic carbocycles. The zero-order valence-electron chi connectivity index (χ0n) is 29.2. The lowest BCUT2D eigenvalue weighted by Crippen LogP contribution is -2.06. The molecular formula is C44H30N4O4S2. The molecule has 54 heavy (non-hydrogen) atoms. The number of thiazole rings is 2. The Labute approximate surface area is 319 Å². The number of fused-ring (bicyclic) bond motifs is 4. The number of methoxy groups -OCH3 is 2. The van der Waals surface area contributed by atoms with Gasteiger partial charge in [-0.3, -0.25) is 0 Å². The maximum atomic E-state index is 10.5. The molecule has 2 aromatic heterocycles. The number of para-hydroxylation sites is 2. The number of nitrogens with zero attached hydrogens (tertiary/aromatic N) is 4. The number of aromatic nitrogens is 2. The molecule has 2 heterocycles. The molecule has 0 saturated heterocycles. The molecule has 0 spiro atoms. The Morgan fingerprint density at radius 3 is 1.41 bits per heavy atom. The highest BCUT2D eigenvalue weighted by atomic mass is 32.1. The van der Waals surface area contributed by atoms with Crippen LogP contribution in [0.4, 0.5) is 0 Å². The monoisotopic (exact) mass is 742 g/mol. The summed E-state index contributed by atoms with van der Waals surface area (Å²) < 4.78 is 26.0. The Hall–Kier alpha value is -6.40. The fourth-order valence-electron chi connectivity index (χ4n) is 6.53. The number of benzene rings is 6. The maximum Gasteiger partial charge on any atom is 0.188 e. The Morgan fingerprint density at radius 1 is 0.593 bits per heavy atom. The Morgan fingerprint density at radius 2 is 1.00 bits per heavy atom. The highest BCUT2D eigenvalue weighted by molar-refractivity contribution is 7.20. The molecule has 6 aromatic carbocycles. The number of hydrogen-bond donors (Lipinski definition) is 0. The van der Waals surface area contributed by atoms with E-state index < -0.39 is 0 Å². The van der Waals surface area contributed by atoms with Gasteiger partial charge in [0.25, 0.3) is 0 Å². The predicted octanol–water partition coefficient (Wildman–Crippen LogP) is 11.0. The normalized spacial score (nSPS) is 12.0. The second-order valence-electron chi connectivity index (χ2n) is 12.2. The van der Waals surface area contributed by atoms with Crippen LogP contribution in [0.1, 0.15) is 21.1 Å². The summed E-state index contributed by atoms with van der Waals surface area (Å²) in [4.78, 5) is 9.56. The van der Waals surface area contributed by atoms with E-state index in [1.165, 1.54) is 22.7 Å². The average Bonchev–Trinajstić information content (AvgIpc) is 3.85. The second kappa shape index (κ2) is 15.3. The van der Waals surface area contributed by atoms with Gasteiger partial charge in [-0.05, 0) is 70.1 Å². The van der Waals surface area contributed by atoms with Gasteiger partial charge in [-0.25, -0.2) is 9.97 Å². The number of nitriles is 2. The quantitative estimate of drug-likeness (QED) is 0.0951. The standard InChI is InChI=1S/C44H30N4O4S2/c1-49-25-51-41-29(21-31(23-45)43-47-35-15-7-9-17-37(35)53-43)19-27-11-3-5-13-33(27)39(41)40-34-14-6-4-12-28(34)20-30(42(40)52-26-50-2)22-32(24-46)44-48-36-16-8-10-18-38(36)54-44/h3-22H,25-26H2,1-2H3/b31-21+,32-22+. The van der Waals surface area contributed by atoms with Gasteiger partial charge in [0.2, 0.25) is 0 Å². The van der Waals surface area contributed by atoms with Crippen molar-refractivity contribution in [3.8, 4) is 34.8 Å². The van der Waals surface area contributed by atoms with Crippen molar-refractivity contribution in [3.05, 3.63) is 130 Å². The number of hydrogen-bond acceptors (Lipinski definition) is 10. The van der Waals surface area contributed by atoms with E-state index in [-0.39, 0.29) is 13.6 Å². The second-order valence-corrected chi connectivity index (χ2v) is 14.3. The molecule has 0 aliphatic rings. The molecule has 0 N–H and O–H groups in total. The van der Waals surface area contributed by atoms with E-state index in [1.807, 2.05) is 121 Å². The zero-order valence-corrected chi connectivity index (χ0v) is 30.8. The highest BCUT2D eigenvalue weighted by Gasteiger charge is 2.25. The van der Waals surface area contributed by atoms with E-state index in [0.717, 1.165) is 53.1 Å². The topological polar surface area (TPSA) is 110 Å². The minimum Gasteiger partial charge on any atom is -0.466 e. The van der Waals surface area contributed by atoms with Gasteiger partial charge in [0, 0.05) is 36.5 Å². The minimum absolute atomic E-state index is 0.0584. The average molecular weight is 743 g/mol. The van der Waals surface area contributed by atoms with E-state index in [9.17, 15) is 10.5 Å². The molecule has 0 amide bonds. The van der Waals surface area contributed by atoms with E-state index in [4.69, 9.17) is 28.9 Å². The van der Waals surface area contributed by atoms with Crippen LogP contribution in [0.2, 0.25) is 0 Å².